The van der Waals surface area contributed by atoms with E-state index in [-0.39, 0.29) is 19.8 Å². The number of benzene rings is 1. The molecule has 0 aromatic heterocycles. The van der Waals surface area contributed by atoms with Crippen molar-refractivity contribution in [2.75, 3.05) is 19.8 Å². The van der Waals surface area contributed by atoms with E-state index < -0.39 is 58.0 Å². The normalized spacial score (nSPS) is 25.7. The molecule has 9 heteroatoms. The third-order valence-electron chi connectivity index (χ3n) is 4.86. The molecule has 1 aliphatic rings. The van der Waals surface area contributed by atoms with Crippen molar-refractivity contribution >= 4 is 22.7 Å². The summed E-state index contributed by atoms with van der Waals surface area (Å²) in [5, 5.41) is 0. The average Bonchev–Trinajstić information content (AvgIpc) is 2.79. The molecule has 1 saturated heterocycles. The minimum atomic E-state index is -1.75. The van der Waals surface area contributed by atoms with Crippen molar-refractivity contribution in [3.63, 3.8) is 0 Å². The summed E-state index contributed by atoms with van der Waals surface area (Å²) in [4.78, 5) is 25.3. The predicted octanol–water partition coefficient (Wildman–Crippen LogP) is 3.18. The second-order valence-corrected chi connectivity index (χ2v) is 10.3. The smallest absolute Gasteiger partial charge is 0.311 e. The van der Waals surface area contributed by atoms with Crippen LogP contribution in [0.1, 0.15) is 27.7 Å². The molecular weight excluding hydrogens is 460 g/mol. The van der Waals surface area contributed by atoms with E-state index in [9.17, 15) is 13.8 Å². The third-order valence-corrected chi connectivity index (χ3v) is 6.40. The van der Waals surface area contributed by atoms with E-state index in [0.29, 0.717) is 4.90 Å². The Hall–Kier alpha value is -2.33. The second kappa shape index (κ2) is 12.9. The largest absolute Gasteiger partial charge is 0.457 e. The Morgan fingerprint density at radius 2 is 1.68 bits per heavy atom. The van der Waals surface area contributed by atoms with Gasteiger partial charge >= 0.3 is 11.9 Å². The molecule has 1 fully saturated rings. The van der Waals surface area contributed by atoms with Gasteiger partial charge in [0.25, 0.3) is 0 Å². The van der Waals surface area contributed by atoms with Crippen molar-refractivity contribution in [2.24, 2.45) is 5.41 Å². The summed E-state index contributed by atoms with van der Waals surface area (Å²) < 4.78 is 42.7. The van der Waals surface area contributed by atoms with Crippen LogP contribution in [0.2, 0.25) is 0 Å². The second-order valence-electron chi connectivity index (χ2n) is 8.76. The maximum Gasteiger partial charge on any atom is 0.311 e. The Labute approximate surface area is 203 Å². The Bertz CT molecular complexity index is 863. The van der Waals surface area contributed by atoms with Gasteiger partial charge < -0.3 is 23.7 Å². The van der Waals surface area contributed by atoms with Crippen molar-refractivity contribution in [1.29, 1.82) is 0 Å². The SMILES string of the molecule is C=CCOC[C@H]1O[C@@H](S(=O)c2ccccc2)[C@H](OC(=O)C(C)(C)C)[C@@H](OCC=C)[C@H]1OC(C)=O. The van der Waals surface area contributed by atoms with Gasteiger partial charge in [0.05, 0.1) is 36.0 Å². The highest BCUT2D eigenvalue weighted by Crippen LogP contribution is 2.33. The van der Waals surface area contributed by atoms with E-state index in [1.165, 1.54) is 13.0 Å². The minimum absolute atomic E-state index is 0.0142. The summed E-state index contributed by atoms with van der Waals surface area (Å²) in [6.45, 7) is 14.0. The van der Waals surface area contributed by atoms with E-state index in [4.69, 9.17) is 23.7 Å². The summed E-state index contributed by atoms with van der Waals surface area (Å²) in [7, 11) is -1.75. The lowest BCUT2D eigenvalue weighted by molar-refractivity contribution is -0.241. The summed E-state index contributed by atoms with van der Waals surface area (Å²) in [5.41, 5.74) is -1.95. The van der Waals surface area contributed by atoms with Crippen LogP contribution in [-0.4, -0.2) is 65.8 Å². The summed E-state index contributed by atoms with van der Waals surface area (Å²) in [6.07, 6.45) is -0.826. The Kier molecular flexibility index (Phi) is 10.6. The molecule has 0 aliphatic carbocycles. The molecule has 0 radical (unpaired) electrons. The van der Waals surface area contributed by atoms with Crippen molar-refractivity contribution in [1.82, 2.24) is 0 Å². The van der Waals surface area contributed by atoms with Gasteiger partial charge in [-0.05, 0) is 32.9 Å². The Balaban J connectivity index is 2.53. The van der Waals surface area contributed by atoms with E-state index in [1.54, 1.807) is 57.2 Å². The van der Waals surface area contributed by atoms with Gasteiger partial charge in [-0.3, -0.25) is 13.8 Å². The zero-order valence-electron chi connectivity index (χ0n) is 20.1. The zero-order chi connectivity index (χ0) is 25.3. The van der Waals surface area contributed by atoms with Crippen LogP contribution in [0.15, 0.2) is 60.5 Å². The molecular formula is C25H34O8S. The first-order chi connectivity index (χ1) is 16.1. The van der Waals surface area contributed by atoms with Crippen LogP contribution in [0.3, 0.4) is 0 Å². The third kappa shape index (κ3) is 7.59. The number of rotatable bonds is 11. The van der Waals surface area contributed by atoms with Crippen LogP contribution < -0.4 is 0 Å². The Morgan fingerprint density at radius 3 is 2.24 bits per heavy atom. The molecule has 2 rings (SSSR count). The molecule has 0 N–H and O–H groups in total. The molecule has 0 spiro atoms. The molecule has 1 aromatic rings. The summed E-state index contributed by atoms with van der Waals surface area (Å²) in [5.74, 6) is -1.11. The predicted molar refractivity (Wildman–Crippen MR) is 127 cm³/mol. The first-order valence-corrected chi connectivity index (χ1v) is 12.2. The van der Waals surface area contributed by atoms with Gasteiger partial charge in [0.15, 0.2) is 17.6 Å². The lowest BCUT2D eigenvalue weighted by atomic mass is 9.96. The van der Waals surface area contributed by atoms with Gasteiger partial charge in [0.1, 0.15) is 12.2 Å². The standard InChI is InChI=1S/C25H34O8S/c1-7-14-29-16-19-20(31-17(3)26)21(30-15-8-2)22(33-24(27)25(4,5)6)23(32-19)34(28)18-12-10-9-11-13-18/h7-13,19-23H,1-2,14-16H2,3-6H3/t19-,20+,21+,22-,23+,34?/m1/s1. The monoisotopic (exact) mass is 494 g/mol. The lowest BCUT2D eigenvalue weighted by Crippen LogP contribution is -2.63. The van der Waals surface area contributed by atoms with E-state index >= 15 is 0 Å². The maximum absolute atomic E-state index is 13.6. The number of hydrogen-bond donors (Lipinski definition) is 0. The van der Waals surface area contributed by atoms with Crippen molar-refractivity contribution in [2.45, 2.75) is 62.4 Å². The molecule has 1 unspecified atom stereocenters. The molecule has 0 bridgehead atoms. The van der Waals surface area contributed by atoms with E-state index in [0.717, 1.165) is 0 Å². The van der Waals surface area contributed by atoms with Gasteiger partial charge in [-0.1, -0.05) is 30.4 Å². The van der Waals surface area contributed by atoms with E-state index in [2.05, 4.69) is 13.2 Å². The van der Waals surface area contributed by atoms with Gasteiger partial charge in [-0.2, -0.15) is 0 Å². The molecule has 0 amide bonds. The number of carbonyl (C=O) groups excluding carboxylic acids is 2. The summed E-state index contributed by atoms with van der Waals surface area (Å²) >= 11 is 0. The first-order valence-electron chi connectivity index (χ1n) is 11.0. The number of ether oxygens (including phenoxy) is 5. The number of esters is 2. The van der Waals surface area contributed by atoms with Gasteiger partial charge in [-0.15, -0.1) is 13.2 Å². The van der Waals surface area contributed by atoms with Crippen LogP contribution in [0, 0.1) is 5.41 Å². The van der Waals surface area contributed by atoms with Gasteiger partial charge in [-0.25, -0.2) is 0 Å². The molecule has 1 aromatic carbocycles. The highest BCUT2D eigenvalue weighted by molar-refractivity contribution is 7.85. The van der Waals surface area contributed by atoms with E-state index in [1.807, 2.05) is 0 Å². The van der Waals surface area contributed by atoms with Crippen LogP contribution in [0.25, 0.3) is 0 Å². The highest BCUT2D eigenvalue weighted by Gasteiger charge is 2.53. The number of hydrogen-bond acceptors (Lipinski definition) is 8. The van der Waals surface area contributed by atoms with Crippen LogP contribution >= 0.6 is 0 Å². The highest BCUT2D eigenvalue weighted by atomic mass is 32.2. The quantitative estimate of drug-likeness (QED) is 0.263. The molecule has 188 valence electrons. The fraction of sp³-hybridized carbons (Fsp3) is 0.520. The van der Waals surface area contributed by atoms with Crippen LogP contribution in [-0.2, 0) is 44.1 Å². The Morgan fingerprint density at radius 1 is 1.03 bits per heavy atom. The molecule has 6 atom stereocenters. The molecule has 0 saturated carbocycles. The lowest BCUT2D eigenvalue weighted by Gasteiger charge is -2.45. The molecule has 1 aliphatic heterocycles. The van der Waals surface area contributed by atoms with Crippen molar-refractivity contribution in [3.05, 3.63) is 55.6 Å². The van der Waals surface area contributed by atoms with Crippen LogP contribution in [0.4, 0.5) is 0 Å². The average molecular weight is 495 g/mol. The number of carbonyl (C=O) groups is 2. The zero-order valence-corrected chi connectivity index (χ0v) is 21.0. The molecule has 34 heavy (non-hydrogen) atoms. The minimum Gasteiger partial charge on any atom is -0.457 e. The molecule has 1 heterocycles. The van der Waals surface area contributed by atoms with Crippen molar-refractivity contribution < 1.29 is 37.5 Å². The fourth-order valence-electron chi connectivity index (χ4n) is 3.27. The van der Waals surface area contributed by atoms with Crippen molar-refractivity contribution in [3.8, 4) is 0 Å². The fourth-order valence-corrected chi connectivity index (χ4v) is 4.66. The topological polar surface area (TPSA) is 97.4 Å². The van der Waals surface area contributed by atoms with Crippen LogP contribution in [0.5, 0.6) is 0 Å². The maximum atomic E-state index is 13.6. The first kappa shape index (κ1) is 27.9. The van der Waals surface area contributed by atoms with Gasteiger partial charge in [0, 0.05) is 11.8 Å². The van der Waals surface area contributed by atoms with Gasteiger partial charge in [0.2, 0.25) is 0 Å². The summed E-state index contributed by atoms with van der Waals surface area (Å²) in [6, 6.07) is 8.71. The molecule has 8 nitrogen and oxygen atoms in total.